The van der Waals surface area contributed by atoms with Crippen molar-refractivity contribution in [3.8, 4) is 0 Å². The predicted octanol–water partition coefficient (Wildman–Crippen LogP) is 1.11. The third-order valence-electron chi connectivity index (χ3n) is 1.33. The van der Waals surface area contributed by atoms with Crippen LogP contribution in [0.2, 0.25) is 6.82 Å². The molecule has 0 saturated heterocycles. The molecule has 0 N–H and O–H groups in total. The van der Waals surface area contributed by atoms with Gasteiger partial charge in [-0.15, -0.1) is 0 Å². The topological polar surface area (TPSA) is 29.5 Å². The van der Waals surface area contributed by atoms with Crippen LogP contribution >= 0.6 is 0 Å². The third-order valence-corrected chi connectivity index (χ3v) is 1.33. The number of nitrogens with zero attached hydrogens (tertiary/aromatic N) is 1. The van der Waals surface area contributed by atoms with Crippen LogP contribution < -0.4 is 0 Å². The molecule has 0 aliphatic rings. The van der Waals surface area contributed by atoms with Crippen molar-refractivity contribution in [3.05, 3.63) is 0 Å². The SMILES string of the molecule is CBN(C)C(=O)OCC(C)C. The molecule has 0 radical (unpaired) electrons. The summed E-state index contributed by atoms with van der Waals surface area (Å²) in [5, 5.41) is 0. The second-order valence-corrected chi connectivity index (χ2v) is 2.98. The lowest BCUT2D eigenvalue weighted by Crippen LogP contribution is -2.30. The monoisotopic (exact) mass is 157 g/mol. The van der Waals surface area contributed by atoms with E-state index in [0.29, 0.717) is 19.9 Å². The van der Waals surface area contributed by atoms with Crippen LogP contribution in [0.25, 0.3) is 0 Å². The number of rotatable bonds is 3. The van der Waals surface area contributed by atoms with E-state index in [0.717, 1.165) is 0 Å². The first-order valence-corrected chi connectivity index (χ1v) is 3.95. The van der Waals surface area contributed by atoms with Crippen LogP contribution in [0, 0.1) is 5.92 Å². The Hall–Kier alpha value is -0.665. The Labute approximate surface area is 69.0 Å². The van der Waals surface area contributed by atoms with E-state index in [9.17, 15) is 4.79 Å². The molecule has 0 aliphatic heterocycles. The number of carbonyl (C=O) groups excluding carboxylic acids is 1. The van der Waals surface area contributed by atoms with Gasteiger partial charge in [0.2, 0.25) is 7.41 Å². The van der Waals surface area contributed by atoms with Crippen LogP contribution in [-0.2, 0) is 4.74 Å². The van der Waals surface area contributed by atoms with Crippen molar-refractivity contribution in [1.82, 2.24) is 4.81 Å². The molecule has 1 amide bonds. The minimum absolute atomic E-state index is 0.235. The molecule has 0 bridgehead atoms. The molecule has 0 aromatic carbocycles. The average Bonchev–Trinajstić information content (AvgIpc) is 1.98. The first-order valence-electron chi connectivity index (χ1n) is 3.95. The summed E-state index contributed by atoms with van der Waals surface area (Å²) in [4.78, 5) is 12.5. The highest BCUT2D eigenvalue weighted by molar-refractivity contribution is 6.34. The van der Waals surface area contributed by atoms with E-state index >= 15 is 0 Å². The van der Waals surface area contributed by atoms with Crippen LogP contribution in [-0.4, -0.2) is 32.0 Å². The molecule has 4 heteroatoms. The predicted molar refractivity (Wildman–Crippen MR) is 47.0 cm³/mol. The summed E-state index contributed by atoms with van der Waals surface area (Å²) >= 11 is 0. The van der Waals surface area contributed by atoms with Gasteiger partial charge in [-0.2, -0.15) is 0 Å². The standard InChI is InChI=1S/C7H16BNO2/c1-6(2)5-11-7(10)9(4)8-3/h6,8H,5H2,1-4H3. The van der Waals surface area contributed by atoms with Gasteiger partial charge >= 0.3 is 6.09 Å². The summed E-state index contributed by atoms with van der Waals surface area (Å²) in [7, 11) is 2.42. The van der Waals surface area contributed by atoms with Crippen LogP contribution in [0.3, 0.4) is 0 Å². The van der Waals surface area contributed by atoms with Crippen LogP contribution in [0.15, 0.2) is 0 Å². The highest BCUT2D eigenvalue weighted by Crippen LogP contribution is 1.95. The fourth-order valence-corrected chi connectivity index (χ4v) is 0.477. The Morgan fingerprint density at radius 3 is 2.55 bits per heavy atom. The van der Waals surface area contributed by atoms with Crippen molar-refractivity contribution in [2.75, 3.05) is 13.7 Å². The van der Waals surface area contributed by atoms with E-state index < -0.39 is 0 Å². The zero-order chi connectivity index (χ0) is 8.85. The van der Waals surface area contributed by atoms with Gasteiger partial charge in [-0.1, -0.05) is 20.7 Å². The number of ether oxygens (including phenoxy) is 1. The first-order chi connectivity index (χ1) is 5.07. The molecule has 0 rings (SSSR count). The van der Waals surface area contributed by atoms with E-state index in [1.54, 1.807) is 11.9 Å². The van der Waals surface area contributed by atoms with E-state index in [1.165, 1.54) is 0 Å². The van der Waals surface area contributed by atoms with Crippen molar-refractivity contribution < 1.29 is 9.53 Å². The van der Waals surface area contributed by atoms with E-state index in [-0.39, 0.29) is 6.09 Å². The molecule has 3 nitrogen and oxygen atoms in total. The molecule has 0 aromatic heterocycles. The molecule has 0 aromatic rings. The zero-order valence-corrected chi connectivity index (χ0v) is 7.76. The van der Waals surface area contributed by atoms with Gasteiger partial charge in [0.25, 0.3) is 0 Å². The molecular weight excluding hydrogens is 141 g/mol. The van der Waals surface area contributed by atoms with Crippen LogP contribution in [0.5, 0.6) is 0 Å². The van der Waals surface area contributed by atoms with Crippen molar-refractivity contribution in [3.63, 3.8) is 0 Å². The summed E-state index contributed by atoms with van der Waals surface area (Å²) in [5.41, 5.74) is 0. The Kier molecular flexibility index (Phi) is 4.74. The number of amides is 1. The summed E-state index contributed by atoms with van der Waals surface area (Å²) in [6.07, 6.45) is -0.235. The van der Waals surface area contributed by atoms with E-state index in [4.69, 9.17) is 4.74 Å². The molecule has 0 fully saturated rings. The van der Waals surface area contributed by atoms with Gasteiger partial charge in [0.05, 0.1) is 6.61 Å². The van der Waals surface area contributed by atoms with Gasteiger partial charge in [0.1, 0.15) is 0 Å². The third kappa shape index (κ3) is 4.70. The Balaban J connectivity index is 3.52. The van der Waals surface area contributed by atoms with Crippen LogP contribution in [0.1, 0.15) is 13.8 Å². The normalized spacial score (nSPS) is 9.55. The molecule has 0 spiro atoms. The fourth-order valence-electron chi connectivity index (χ4n) is 0.477. The lowest BCUT2D eigenvalue weighted by molar-refractivity contribution is 0.118. The summed E-state index contributed by atoms with van der Waals surface area (Å²) in [5.74, 6) is 0.407. The maximum Gasteiger partial charge on any atom is 0.396 e. The highest BCUT2D eigenvalue weighted by atomic mass is 16.6. The van der Waals surface area contributed by atoms with E-state index in [2.05, 4.69) is 0 Å². The average molecular weight is 157 g/mol. The molecule has 0 saturated carbocycles. The molecular formula is C7H16BNO2. The first kappa shape index (κ1) is 10.3. The van der Waals surface area contributed by atoms with Crippen molar-refractivity contribution >= 4 is 13.5 Å². The second-order valence-electron chi connectivity index (χ2n) is 2.98. The summed E-state index contributed by atoms with van der Waals surface area (Å²) < 4.78 is 4.94. The van der Waals surface area contributed by atoms with Crippen molar-refractivity contribution in [2.45, 2.75) is 20.7 Å². The Bertz CT molecular complexity index is 128. The number of hydrogen-bond donors (Lipinski definition) is 0. The highest BCUT2D eigenvalue weighted by Gasteiger charge is 2.07. The number of carbonyl (C=O) groups is 1. The molecule has 11 heavy (non-hydrogen) atoms. The second kappa shape index (κ2) is 5.05. The Morgan fingerprint density at radius 2 is 2.18 bits per heavy atom. The van der Waals surface area contributed by atoms with Gasteiger partial charge in [-0.25, -0.2) is 4.79 Å². The lowest BCUT2D eigenvalue weighted by atomic mass is 9.98. The largest absolute Gasteiger partial charge is 0.450 e. The van der Waals surface area contributed by atoms with Gasteiger partial charge in [-0.3, -0.25) is 0 Å². The minimum atomic E-state index is -0.235. The lowest BCUT2D eigenvalue weighted by Gasteiger charge is -2.14. The molecule has 64 valence electrons. The minimum Gasteiger partial charge on any atom is -0.450 e. The maximum absolute atomic E-state index is 11.0. The van der Waals surface area contributed by atoms with E-state index in [1.807, 2.05) is 20.7 Å². The van der Waals surface area contributed by atoms with Crippen LogP contribution in [0.4, 0.5) is 4.79 Å². The summed E-state index contributed by atoms with van der Waals surface area (Å²) in [6, 6.07) is 0. The Morgan fingerprint density at radius 1 is 1.64 bits per heavy atom. The van der Waals surface area contributed by atoms with Gasteiger partial charge in [0.15, 0.2) is 0 Å². The molecule has 0 heterocycles. The smallest absolute Gasteiger partial charge is 0.396 e. The molecule has 0 atom stereocenters. The fraction of sp³-hybridized carbons (Fsp3) is 0.857. The quantitative estimate of drug-likeness (QED) is 0.574. The van der Waals surface area contributed by atoms with Gasteiger partial charge < -0.3 is 9.55 Å². The summed E-state index contributed by atoms with van der Waals surface area (Å²) in [6.45, 7) is 6.44. The maximum atomic E-state index is 11.0. The number of hydrogen-bond acceptors (Lipinski definition) is 2. The van der Waals surface area contributed by atoms with Crippen molar-refractivity contribution in [1.29, 1.82) is 0 Å². The van der Waals surface area contributed by atoms with Gasteiger partial charge in [0, 0.05) is 0 Å². The zero-order valence-electron chi connectivity index (χ0n) is 7.76. The van der Waals surface area contributed by atoms with Gasteiger partial charge in [-0.05, 0) is 13.0 Å². The molecule has 0 unspecified atom stereocenters. The van der Waals surface area contributed by atoms with Crippen molar-refractivity contribution in [2.24, 2.45) is 5.92 Å². The molecule has 0 aliphatic carbocycles.